The Labute approximate surface area is 252 Å². The third-order valence-electron chi connectivity index (χ3n) is 6.84. The zero-order valence-corrected chi connectivity index (χ0v) is 24.9. The van der Waals surface area contributed by atoms with Crippen molar-refractivity contribution in [3.63, 3.8) is 0 Å². The molecule has 5 rings (SSSR count). The average Bonchev–Trinajstić information content (AvgIpc) is 3.31. The zero-order chi connectivity index (χ0) is 30.0. The smallest absolute Gasteiger partial charge is 0.339 e. The summed E-state index contributed by atoms with van der Waals surface area (Å²) in [6.45, 7) is 7.63. The van der Waals surface area contributed by atoms with Crippen LogP contribution in [0.25, 0.3) is 17.0 Å². The zero-order valence-electron chi connectivity index (χ0n) is 23.4. The van der Waals surface area contributed by atoms with Crippen LogP contribution in [-0.4, -0.2) is 59.3 Å². The fourth-order valence-corrected chi connectivity index (χ4v) is 5.70. The number of carbonyl (C=O) groups is 3. The first-order chi connectivity index (χ1) is 20.1. The first-order valence-corrected chi connectivity index (χ1v) is 14.8. The molecule has 1 aromatic heterocycles. The quantitative estimate of drug-likeness (QED) is 0.301. The van der Waals surface area contributed by atoms with Gasteiger partial charge in [0.25, 0.3) is 5.91 Å². The van der Waals surface area contributed by atoms with E-state index in [1.165, 1.54) is 0 Å². The van der Waals surface area contributed by atoms with Gasteiger partial charge < -0.3 is 25.4 Å². The van der Waals surface area contributed by atoms with Crippen molar-refractivity contribution in [2.75, 3.05) is 36.5 Å². The molecule has 2 aromatic carbocycles. The number of thioether (sulfide) groups is 1. The molecule has 2 saturated heterocycles. The summed E-state index contributed by atoms with van der Waals surface area (Å²) in [5.41, 5.74) is 3.71. The summed E-state index contributed by atoms with van der Waals surface area (Å²) in [7, 11) is 0. The van der Waals surface area contributed by atoms with Gasteiger partial charge in [-0.1, -0.05) is 38.4 Å². The van der Waals surface area contributed by atoms with E-state index in [1.807, 2.05) is 30.0 Å². The van der Waals surface area contributed by atoms with E-state index in [0.29, 0.717) is 81.5 Å². The number of ether oxygens (including phenoxy) is 1. The van der Waals surface area contributed by atoms with Crippen molar-refractivity contribution in [2.45, 2.75) is 27.2 Å². The summed E-state index contributed by atoms with van der Waals surface area (Å²) in [6, 6.07) is 10.5. The van der Waals surface area contributed by atoms with Crippen molar-refractivity contribution in [1.29, 1.82) is 0 Å². The van der Waals surface area contributed by atoms with Gasteiger partial charge in [0.1, 0.15) is 5.56 Å². The normalized spacial score (nSPS) is 17.4. The number of benzene rings is 2. The van der Waals surface area contributed by atoms with Crippen LogP contribution in [0.1, 0.15) is 42.4 Å². The molecule has 0 spiro atoms. The number of amidine groups is 1. The topological polar surface area (TPSA) is 133 Å². The van der Waals surface area contributed by atoms with Gasteiger partial charge in [0.15, 0.2) is 5.17 Å². The molecule has 2 aliphatic rings. The molecule has 218 valence electrons. The number of nitrogens with one attached hydrogen (secondary N) is 2. The molecule has 3 aromatic rings. The molecule has 3 heterocycles. The predicted molar refractivity (Wildman–Crippen MR) is 167 cm³/mol. The Morgan fingerprint density at radius 1 is 1.24 bits per heavy atom. The third kappa shape index (κ3) is 6.28. The minimum atomic E-state index is -1.02. The molecule has 0 atom stereocenters. The highest BCUT2D eigenvalue weighted by molar-refractivity contribution is 8.18. The number of pyridine rings is 1. The number of carboxylic acids is 1. The standard InChI is InChI=1S/C30H30ClN5O5S/c1-4-21-25(29(39)40)26(36-9-11-41-12-10-36)19-13-17(5-8-22(19)33-21)14-24-28(38)35-30(42-24)34-23-15-18(6-7-20(23)31)32-27(37)16(2)3/h5-8,13-16H,4,9-12H2,1-3H3,(H,32,37)(H,39,40)(H,34,35,38). The van der Waals surface area contributed by atoms with Gasteiger partial charge in [-0.05, 0) is 60.2 Å². The maximum absolute atomic E-state index is 12.9. The summed E-state index contributed by atoms with van der Waals surface area (Å²) >= 11 is 7.51. The van der Waals surface area contributed by atoms with Crippen molar-refractivity contribution >= 4 is 80.4 Å². The summed E-state index contributed by atoms with van der Waals surface area (Å²) in [4.78, 5) is 49.0. The maximum Gasteiger partial charge on any atom is 0.339 e. The lowest BCUT2D eigenvalue weighted by molar-refractivity contribution is -0.119. The van der Waals surface area contributed by atoms with E-state index < -0.39 is 5.97 Å². The number of hydrogen-bond acceptors (Lipinski definition) is 8. The minimum Gasteiger partial charge on any atom is -0.478 e. The van der Waals surface area contributed by atoms with E-state index in [0.717, 1.165) is 17.3 Å². The molecule has 0 bridgehead atoms. The second-order valence-electron chi connectivity index (χ2n) is 10.1. The van der Waals surface area contributed by atoms with Crippen LogP contribution in [0.15, 0.2) is 46.3 Å². The van der Waals surface area contributed by atoms with E-state index in [4.69, 9.17) is 16.3 Å². The highest BCUT2D eigenvalue weighted by Gasteiger charge is 2.27. The van der Waals surface area contributed by atoms with Gasteiger partial charge in [-0.2, -0.15) is 0 Å². The first kappa shape index (κ1) is 29.6. The van der Waals surface area contributed by atoms with Crippen LogP contribution in [0, 0.1) is 5.92 Å². The second-order valence-corrected chi connectivity index (χ2v) is 11.5. The Hall–Kier alpha value is -3.93. The molecule has 3 N–H and O–H groups in total. The lowest BCUT2D eigenvalue weighted by Crippen LogP contribution is -2.37. The molecule has 0 unspecified atom stereocenters. The van der Waals surface area contributed by atoms with Crippen LogP contribution in [0.3, 0.4) is 0 Å². The Kier molecular flexibility index (Phi) is 8.81. The van der Waals surface area contributed by atoms with Gasteiger partial charge in [0.05, 0.1) is 45.7 Å². The molecule has 42 heavy (non-hydrogen) atoms. The van der Waals surface area contributed by atoms with E-state index in [1.54, 1.807) is 38.1 Å². The summed E-state index contributed by atoms with van der Waals surface area (Å²) in [5, 5.41) is 17.1. The number of carboxylic acid groups (broad SMARTS) is 1. The molecule has 12 heteroatoms. The molecular formula is C30H30ClN5O5S. The largest absolute Gasteiger partial charge is 0.478 e. The number of halogens is 1. The molecule has 10 nitrogen and oxygen atoms in total. The van der Waals surface area contributed by atoms with Crippen molar-refractivity contribution in [1.82, 2.24) is 10.3 Å². The fraction of sp³-hybridized carbons (Fsp3) is 0.300. The third-order valence-corrected chi connectivity index (χ3v) is 8.07. The number of morpholine rings is 1. The van der Waals surface area contributed by atoms with E-state index in [2.05, 4.69) is 20.6 Å². The van der Waals surface area contributed by atoms with Gasteiger partial charge in [0.2, 0.25) is 5.91 Å². The molecule has 2 amide bonds. The van der Waals surface area contributed by atoms with Gasteiger partial charge in [-0.3, -0.25) is 14.6 Å². The van der Waals surface area contributed by atoms with Crippen LogP contribution in [0.4, 0.5) is 17.1 Å². The lowest BCUT2D eigenvalue weighted by Gasteiger charge is -2.31. The van der Waals surface area contributed by atoms with Crippen LogP contribution in [0.5, 0.6) is 0 Å². The highest BCUT2D eigenvalue weighted by Crippen LogP contribution is 2.36. The highest BCUT2D eigenvalue weighted by atomic mass is 35.5. The van der Waals surface area contributed by atoms with Crippen LogP contribution in [-0.2, 0) is 20.7 Å². The fourth-order valence-electron chi connectivity index (χ4n) is 4.70. The maximum atomic E-state index is 12.9. The number of nitrogens with zero attached hydrogens (tertiary/aromatic N) is 3. The Morgan fingerprint density at radius 3 is 2.69 bits per heavy atom. The Morgan fingerprint density at radius 2 is 2.00 bits per heavy atom. The van der Waals surface area contributed by atoms with Crippen molar-refractivity contribution < 1.29 is 24.2 Å². The number of aromatic nitrogens is 1. The van der Waals surface area contributed by atoms with Gasteiger partial charge in [0, 0.05) is 30.1 Å². The number of hydrogen-bond donors (Lipinski definition) is 3. The molecule has 0 saturated carbocycles. The number of carbonyl (C=O) groups excluding carboxylic acids is 2. The SMILES string of the molecule is CCc1nc2ccc(C=C3SC(=Nc4cc(NC(=O)C(C)C)ccc4Cl)NC3=O)cc2c(N2CCOCC2)c1C(=O)O. The first-order valence-electron chi connectivity index (χ1n) is 13.6. The lowest BCUT2D eigenvalue weighted by atomic mass is 10.0. The molecule has 0 radical (unpaired) electrons. The molecular weight excluding hydrogens is 578 g/mol. The van der Waals surface area contributed by atoms with E-state index in [9.17, 15) is 19.5 Å². The Balaban J connectivity index is 1.49. The molecule has 2 aliphatic heterocycles. The second kappa shape index (κ2) is 12.5. The van der Waals surface area contributed by atoms with Gasteiger partial charge in [-0.15, -0.1) is 0 Å². The Bertz CT molecular complexity index is 1650. The summed E-state index contributed by atoms with van der Waals surface area (Å²) in [6.07, 6.45) is 2.22. The number of fused-ring (bicyclic) bond motifs is 1. The number of aliphatic imine (C=N–C) groups is 1. The number of anilines is 2. The predicted octanol–water partition coefficient (Wildman–Crippen LogP) is 5.47. The van der Waals surface area contributed by atoms with Gasteiger partial charge in [-0.25, -0.2) is 9.79 Å². The van der Waals surface area contributed by atoms with Crippen LogP contribution >= 0.6 is 23.4 Å². The van der Waals surface area contributed by atoms with E-state index >= 15 is 0 Å². The van der Waals surface area contributed by atoms with Crippen LogP contribution in [0.2, 0.25) is 5.02 Å². The van der Waals surface area contributed by atoms with E-state index in [-0.39, 0.29) is 23.3 Å². The summed E-state index contributed by atoms with van der Waals surface area (Å²) < 4.78 is 5.51. The van der Waals surface area contributed by atoms with Crippen LogP contribution < -0.4 is 15.5 Å². The minimum absolute atomic E-state index is 0.131. The van der Waals surface area contributed by atoms with Crippen molar-refractivity contribution in [3.05, 3.63) is 63.1 Å². The van der Waals surface area contributed by atoms with Crippen molar-refractivity contribution in [3.8, 4) is 0 Å². The average molecular weight is 608 g/mol. The monoisotopic (exact) mass is 607 g/mol. The van der Waals surface area contributed by atoms with Crippen molar-refractivity contribution in [2.24, 2.45) is 10.9 Å². The molecule has 2 fully saturated rings. The molecule has 0 aliphatic carbocycles. The number of aryl methyl sites for hydroxylation is 1. The summed E-state index contributed by atoms with van der Waals surface area (Å²) in [5.74, 6) is -1.66. The van der Waals surface area contributed by atoms with Gasteiger partial charge >= 0.3 is 5.97 Å². The number of amides is 2. The number of rotatable bonds is 7. The number of aromatic carboxylic acids is 1.